The van der Waals surface area contributed by atoms with Crippen LogP contribution in [0.2, 0.25) is 0 Å². The fourth-order valence-corrected chi connectivity index (χ4v) is 3.53. The molecule has 9 nitrogen and oxygen atoms in total. The maximum atomic E-state index is 5.94. The number of aromatic nitrogens is 3. The van der Waals surface area contributed by atoms with Crippen molar-refractivity contribution in [2.45, 2.75) is 59.7 Å². The number of aliphatic imine (C=N–C) groups is 1. The molecule has 1 aliphatic heterocycles. The van der Waals surface area contributed by atoms with Gasteiger partial charge in [0, 0.05) is 44.4 Å². The van der Waals surface area contributed by atoms with Crippen LogP contribution in [-0.4, -0.2) is 53.2 Å². The van der Waals surface area contributed by atoms with Gasteiger partial charge in [0.15, 0.2) is 11.8 Å². The molecule has 0 fully saturated rings. The molecule has 0 aliphatic carbocycles. The Morgan fingerprint density at radius 2 is 2.09 bits per heavy atom. The van der Waals surface area contributed by atoms with Crippen LogP contribution < -0.4 is 20.1 Å². The number of aryl methyl sites for hydroxylation is 1. The number of rotatable bonds is 11. The number of guanidine groups is 1. The van der Waals surface area contributed by atoms with Gasteiger partial charge in [-0.15, -0.1) is 10.2 Å². The zero-order valence-corrected chi connectivity index (χ0v) is 19.9. The molecule has 0 saturated heterocycles. The predicted octanol–water partition coefficient (Wildman–Crippen LogP) is 2.51. The Labute approximate surface area is 190 Å². The van der Waals surface area contributed by atoms with Gasteiger partial charge in [-0.1, -0.05) is 0 Å². The Morgan fingerprint density at radius 1 is 1.25 bits per heavy atom. The van der Waals surface area contributed by atoms with Gasteiger partial charge in [-0.05, 0) is 46.2 Å². The van der Waals surface area contributed by atoms with Gasteiger partial charge in [-0.25, -0.2) is 4.99 Å². The van der Waals surface area contributed by atoms with Crippen molar-refractivity contribution in [1.29, 1.82) is 0 Å². The third-order valence-corrected chi connectivity index (χ3v) is 5.35. The summed E-state index contributed by atoms with van der Waals surface area (Å²) in [7, 11) is 1.96. The first-order chi connectivity index (χ1) is 15.5. The summed E-state index contributed by atoms with van der Waals surface area (Å²) in [6.45, 7) is 11.8. The first-order valence-electron chi connectivity index (χ1n) is 11.4. The van der Waals surface area contributed by atoms with E-state index in [0.717, 1.165) is 54.7 Å². The number of nitrogens with one attached hydrogen (secondary N) is 2. The normalized spacial score (nSPS) is 15.4. The highest BCUT2D eigenvalue weighted by molar-refractivity contribution is 5.79. The van der Waals surface area contributed by atoms with Gasteiger partial charge in [0.2, 0.25) is 0 Å². The summed E-state index contributed by atoms with van der Waals surface area (Å²) in [5.74, 6) is 4.23. The highest BCUT2D eigenvalue weighted by Gasteiger charge is 2.21. The number of hydrogen-bond acceptors (Lipinski definition) is 6. The van der Waals surface area contributed by atoms with Crippen LogP contribution in [0.25, 0.3) is 0 Å². The van der Waals surface area contributed by atoms with Crippen LogP contribution in [0.15, 0.2) is 17.1 Å². The van der Waals surface area contributed by atoms with E-state index in [0.29, 0.717) is 32.3 Å². The minimum atomic E-state index is 0.192. The van der Waals surface area contributed by atoms with Crippen LogP contribution in [0.5, 0.6) is 11.5 Å². The van der Waals surface area contributed by atoms with Crippen molar-refractivity contribution in [2.24, 2.45) is 12.0 Å². The number of nitrogens with zero attached hydrogens (tertiary/aromatic N) is 4. The molecule has 176 valence electrons. The lowest BCUT2D eigenvalue weighted by atomic mass is 10.1. The van der Waals surface area contributed by atoms with E-state index in [2.05, 4.69) is 39.9 Å². The summed E-state index contributed by atoms with van der Waals surface area (Å²) in [6.07, 6.45) is 1.99. The van der Waals surface area contributed by atoms with E-state index in [4.69, 9.17) is 19.2 Å². The summed E-state index contributed by atoms with van der Waals surface area (Å²) in [4.78, 5) is 4.81. The Hall–Kier alpha value is -2.81. The molecule has 0 amide bonds. The second-order valence-corrected chi connectivity index (χ2v) is 7.85. The number of fused-ring (bicyclic) bond motifs is 1. The molecule has 1 aromatic carbocycles. The van der Waals surface area contributed by atoms with Crippen molar-refractivity contribution in [3.63, 3.8) is 0 Å². The zero-order valence-electron chi connectivity index (χ0n) is 19.9. The summed E-state index contributed by atoms with van der Waals surface area (Å²) >= 11 is 0. The molecule has 0 saturated carbocycles. The molecule has 0 bridgehead atoms. The van der Waals surface area contributed by atoms with E-state index in [-0.39, 0.29) is 6.10 Å². The van der Waals surface area contributed by atoms with Crippen LogP contribution in [0.1, 0.15) is 50.0 Å². The van der Waals surface area contributed by atoms with Crippen molar-refractivity contribution >= 4 is 5.96 Å². The fourth-order valence-electron chi connectivity index (χ4n) is 3.53. The summed E-state index contributed by atoms with van der Waals surface area (Å²) in [6, 6.07) is 4.16. The van der Waals surface area contributed by atoms with Gasteiger partial charge in [0.05, 0.1) is 19.7 Å². The lowest BCUT2D eigenvalue weighted by molar-refractivity contribution is 0.145. The Bertz CT molecular complexity index is 911. The number of hydrogen-bond donors (Lipinski definition) is 2. The molecular formula is C23H36N6O3. The molecule has 2 heterocycles. The molecular weight excluding hydrogens is 408 g/mol. The quantitative estimate of drug-likeness (QED) is 0.312. The third kappa shape index (κ3) is 6.35. The first-order valence-corrected chi connectivity index (χ1v) is 11.4. The molecule has 32 heavy (non-hydrogen) atoms. The lowest BCUT2D eigenvalue weighted by Crippen LogP contribution is -2.38. The van der Waals surface area contributed by atoms with Crippen molar-refractivity contribution < 1.29 is 14.2 Å². The van der Waals surface area contributed by atoms with Gasteiger partial charge < -0.3 is 29.4 Å². The minimum absolute atomic E-state index is 0.192. The van der Waals surface area contributed by atoms with Crippen molar-refractivity contribution in [3.05, 3.63) is 34.9 Å². The third-order valence-electron chi connectivity index (χ3n) is 5.35. The second kappa shape index (κ2) is 11.7. The summed E-state index contributed by atoms with van der Waals surface area (Å²) in [5, 5.41) is 15.1. The Kier molecular flexibility index (Phi) is 8.72. The van der Waals surface area contributed by atoms with Gasteiger partial charge in [-0.2, -0.15) is 0 Å². The molecule has 3 rings (SSSR count). The SMILES string of the molecule is CCOCCCNC(=NCc1cc2c(cc1OCC)CC(C)O2)NCc1nnc(C)n1C. The van der Waals surface area contributed by atoms with Crippen LogP contribution in [0.3, 0.4) is 0 Å². The van der Waals surface area contributed by atoms with Gasteiger partial charge in [0.25, 0.3) is 0 Å². The molecule has 1 atom stereocenters. The average Bonchev–Trinajstić information content (AvgIpc) is 3.29. The van der Waals surface area contributed by atoms with Crippen molar-refractivity contribution in [1.82, 2.24) is 25.4 Å². The molecule has 0 radical (unpaired) electrons. The molecule has 1 unspecified atom stereocenters. The highest BCUT2D eigenvalue weighted by atomic mass is 16.5. The molecule has 1 aliphatic rings. The average molecular weight is 445 g/mol. The van der Waals surface area contributed by atoms with Crippen molar-refractivity contribution in [2.75, 3.05) is 26.4 Å². The van der Waals surface area contributed by atoms with Gasteiger partial charge in [0.1, 0.15) is 23.4 Å². The monoisotopic (exact) mass is 444 g/mol. The largest absolute Gasteiger partial charge is 0.494 e. The molecule has 9 heteroatoms. The van der Waals surface area contributed by atoms with Crippen LogP contribution in [0, 0.1) is 6.92 Å². The van der Waals surface area contributed by atoms with E-state index >= 15 is 0 Å². The number of ether oxygens (including phenoxy) is 3. The first kappa shape index (κ1) is 23.8. The van der Waals surface area contributed by atoms with E-state index in [9.17, 15) is 0 Å². The topological polar surface area (TPSA) is 94.8 Å². The highest BCUT2D eigenvalue weighted by Crippen LogP contribution is 2.35. The fraction of sp³-hybridized carbons (Fsp3) is 0.609. The summed E-state index contributed by atoms with van der Waals surface area (Å²) in [5.41, 5.74) is 2.20. The van der Waals surface area contributed by atoms with E-state index < -0.39 is 0 Å². The Balaban J connectivity index is 1.72. The van der Waals surface area contributed by atoms with E-state index in [1.54, 1.807) is 0 Å². The Morgan fingerprint density at radius 3 is 2.81 bits per heavy atom. The zero-order chi connectivity index (χ0) is 22.9. The van der Waals surface area contributed by atoms with Crippen molar-refractivity contribution in [3.8, 4) is 11.5 Å². The lowest BCUT2D eigenvalue weighted by Gasteiger charge is -2.14. The summed E-state index contributed by atoms with van der Waals surface area (Å²) < 4.78 is 19.2. The van der Waals surface area contributed by atoms with E-state index in [1.165, 1.54) is 5.56 Å². The molecule has 0 spiro atoms. The minimum Gasteiger partial charge on any atom is -0.494 e. The maximum absolute atomic E-state index is 5.94. The number of benzene rings is 1. The van der Waals surface area contributed by atoms with E-state index in [1.807, 2.05) is 32.4 Å². The molecule has 2 N–H and O–H groups in total. The molecule has 2 aromatic rings. The smallest absolute Gasteiger partial charge is 0.191 e. The van der Waals surface area contributed by atoms with Crippen LogP contribution in [0.4, 0.5) is 0 Å². The second-order valence-electron chi connectivity index (χ2n) is 7.85. The standard InChI is InChI=1S/C23H36N6O3/c1-6-30-10-8-9-24-23(26-15-22-28-27-17(4)29(22)5)25-14-19-13-21-18(11-16(3)32-21)12-20(19)31-7-2/h12-13,16H,6-11,14-15H2,1-5H3,(H2,24,25,26). The predicted molar refractivity (Wildman–Crippen MR) is 124 cm³/mol. The van der Waals surface area contributed by atoms with Crippen LogP contribution in [-0.2, 0) is 31.3 Å². The van der Waals surface area contributed by atoms with Gasteiger partial charge in [-0.3, -0.25) is 0 Å². The molecule has 1 aromatic heterocycles. The maximum Gasteiger partial charge on any atom is 0.191 e. The van der Waals surface area contributed by atoms with Gasteiger partial charge >= 0.3 is 0 Å². The van der Waals surface area contributed by atoms with Crippen LogP contribution >= 0.6 is 0 Å².